The van der Waals surface area contributed by atoms with E-state index in [1.54, 1.807) is 18.5 Å². The fraction of sp³-hybridized carbons (Fsp3) is 0.346. The van der Waals surface area contributed by atoms with E-state index >= 15 is 0 Å². The van der Waals surface area contributed by atoms with Gasteiger partial charge in [0.05, 0.1) is 12.8 Å². The van der Waals surface area contributed by atoms with Crippen LogP contribution in [0.3, 0.4) is 0 Å². The average Bonchev–Trinajstić information content (AvgIpc) is 3.52. The third-order valence-electron chi connectivity index (χ3n) is 6.89. The second-order valence-corrected chi connectivity index (χ2v) is 11.7. The summed E-state index contributed by atoms with van der Waals surface area (Å²) in [6.07, 6.45) is 7.64. The first-order chi connectivity index (χ1) is 17.7. The summed E-state index contributed by atoms with van der Waals surface area (Å²) in [5.41, 5.74) is 3.65. The number of fused-ring (bicyclic) bond motifs is 1. The van der Waals surface area contributed by atoms with Crippen LogP contribution >= 0.6 is 0 Å². The van der Waals surface area contributed by atoms with E-state index in [1.165, 1.54) is 29.7 Å². The zero-order valence-electron chi connectivity index (χ0n) is 21.5. The number of nitrogens with one attached hydrogen (secondary N) is 1. The molecule has 1 unspecified atom stereocenters. The molecule has 194 valence electrons. The fourth-order valence-electron chi connectivity index (χ4n) is 4.62. The van der Waals surface area contributed by atoms with Gasteiger partial charge in [0.2, 0.25) is 16.0 Å². The minimum atomic E-state index is -3.44. The number of anilines is 4. The average molecular weight is 521 g/mol. The topological polar surface area (TPSA) is 99.5 Å². The summed E-state index contributed by atoms with van der Waals surface area (Å²) in [4.78, 5) is 18.2. The van der Waals surface area contributed by atoms with Gasteiger partial charge in [0, 0.05) is 67.1 Å². The second-order valence-electron chi connectivity index (χ2n) is 9.66. The zero-order chi connectivity index (χ0) is 26.2. The Kier molecular flexibility index (Phi) is 6.74. The smallest absolute Gasteiger partial charge is 0.233 e. The first-order valence-corrected chi connectivity index (χ1v) is 14.0. The van der Waals surface area contributed by atoms with Crippen molar-refractivity contribution >= 4 is 44.2 Å². The Morgan fingerprint density at radius 3 is 2.57 bits per heavy atom. The lowest BCUT2D eigenvalue weighted by molar-refractivity contribution is 0.315. The van der Waals surface area contributed by atoms with Crippen LogP contribution in [0.1, 0.15) is 12.0 Å². The summed E-state index contributed by atoms with van der Waals surface area (Å²) in [5.74, 6) is 0.892. The normalized spacial score (nSPS) is 16.0. The number of nitrogens with zero attached hydrogens (tertiary/aromatic N) is 7. The Balaban J connectivity index is 1.34. The van der Waals surface area contributed by atoms with Gasteiger partial charge in [-0.05, 0) is 56.9 Å². The predicted molar refractivity (Wildman–Crippen MR) is 148 cm³/mol. The van der Waals surface area contributed by atoms with Crippen LogP contribution < -0.4 is 14.5 Å². The summed E-state index contributed by atoms with van der Waals surface area (Å²) in [6, 6.07) is 14.6. The van der Waals surface area contributed by atoms with Gasteiger partial charge in [-0.15, -0.1) is 0 Å². The molecule has 1 fully saturated rings. The minimum absolute atomic E-state index is 0.397. The summed E-state index contributed by atoms with van der Waals surface area (Å²) >= 11 is 0. The molecule has 1 aliphatic rings. The molecule has 0 spiro atoms. The maximum Gasteiger partial charge on any atom is 0.233 e. The standard InChI is InChI=1S/C26H32N8O2S/c1-31(2)23-12-15-33(18-23)22-9-7-21(8-10-22)29-26-28-16-19-11-14-34(25(19)30-26)17-20-6-5-13-27-24(20)32(3)37(4,35)36/h5-11,13-14,16,23H,12,15,17-18H2,1-4H3,(H,28,29,30). The van der Waals surface area contributed by atoms with E-state index in [1.807, 2.05) is 35.0 Å². The molecular formula is C26H32N8O2S. The van der Waals surface area contributed by atoms with E-state index in [2.05, 4.69) is 51.3 Å². The summed E-state index contributed by atoms with van der Waals surface area (Å²) in [6.45, 7) is 2.52. The van der Waals surface area contributed by atoms with E-state index in [-0.39, 0.29) is 0 Å². The number of hydrogen-bond donors (Lipinski definition) is 1. The van der Waals surface area contributed by atoms with E-state index in [0.29, 0.717) is 24.4 Å². The van der Waals surface area contributed by atoms with Gasteiger partial charge < -0.3 is 19.7 Å². The molecule has 1 aromatic carbocycles. The molecule has 4 aromatic rings. The van der Waals surface area contributed by atoms with Crippen LogP contribution in [0.4, 0.5) is 23.1 Å². The largest absolute Gasteiger partial charge is 0.370 e. The fourth-order valence-corrected chi connectivity index (χ4v) is 5.10. The van der Waals surface area contributed by atoms with Gasteiger partial charge in [-0.1, -0.05) is 6.07 Å². The molecule has 4 heterocycles. The van der Waals surface area contributed by atoms with Crippen molar-refractivity contribution in [2.24, 2.45) is 0 Å². The second kappa shape index (κ2) is 9.98. The Bertz CT molecular complexity index is 1500. The molecule has 5 rings (SSSR count). The molecule has 0 amide bonds. The van der Waals surface area contributed by atoms with Crippen LogP contribution in [0.15, 0.2) is 61.1 Å². The van der Waals surface area contributed by atoms with Crippen LogP contribution in [0.25, 0.3) is 11.0 Å². The first kappa shape index (κ1) is 25.0. The minimum Gasteiger partial charge on any atom is -0.370 e. The molecule has 11 heteroatoms. The van der Waals surface area contributed by atoms with Gasteiger partial charge in [-0.25, -0.2) is 18.4 Å². The van der Waals surface area contributed by atoms with Crippen molar-refractivity contribution in [1.29, 1.82) is 0 Å². The molecule has 1 atom stereocenters. The van der Waals surface area contributed by atoms with Crippen molar-refractivity contribution in [2.75, 3.05) is 55.0 Å². The highest BCUT2D eigenvalue weighted by atomic mass is 32.2. The van der Waals surface area contributed by atoms with E-state index in [9.17, 15) is 8.42 Å². The number of hydrogen-bond acceptors (Lipinski definition) is 8. The first-order valence-electron chi connectivity index (χ1n) is 12.2. The number of aromatic nitrogens is 4. The van der Waals surface area contributed by atoms with Crippen LogP contribution in [0.2, 0.25) is 0 Å². The molecule has 0 radical (unpaired) electrons. The predicted octanol–water partition coefficient (Wildman–Crippen LogP) is 3.15. The zero-order valence-corrected chi connectivity index (χ0v) is 22.4. The lowest BCUT2D eigenvalue weighted by Gasteiger charge is -2.22. The molecule has 1 saturated heterocycles. The Hall–Kier alpha value is -3.70. The number of rotatable bonds is 8. The van der Waals surface area contributed by atoms with Crippen LogP contribution in [-0.4, -0.2) is 79.4 Å². The molecule has 0 aliphatic carbocycles. The number of likely N-dealkylation sites (N-methyl/N-ethyl adjacent to an activating group) is 1. The Morgan fingerprint density at radius 2 is 1.86 bits per heavy atom. The highest BCUT2D eigenvalue weighted by Crippen LogP contribution is 2.26. The maximum atomic E-state index is 12.1. The van der Waals surface area contributed by atoms with Gasteiger partial charge >= 0.3 is 0 Å². The third-order valence-corrected chi connectivity index (χ3v) is 8.06. The highest BCUT2D eigenvalue weighted by molar-refractivity contribution is 7.92. The Labute approximate surface area is 217 Å². The van der Waals surface area contributed by atoms with Gasteiger partial charge in [0.15, 0.2) is 0 Å². The van der Waals surface area contributed by atoms with E-state index < -0.39 is 10.0 Å². The molecule has 37 heavy (non-hydrogen) atoms. The molecule has 1 N–H and O–H groups in total. The quantitative estimate of drug-likeness (QED) is 0.378. The van der Waals surface area contributed by atoms with Gasteiger partial charge in [0.1, 0.15) is 11.5 Å². The number of benzene rings is 1. The van der Waals surface area contributed by atoms with Crippen molar-refractivity contribution in [3.63, 3.8) is 0 Å². The summed E-state index contributed by atoms with van der Waals surface area (Å²) in [5, 5.41) is 4.20. The molecule has 0 bridgehead atoms. The van der Waals surface area contributed by atoms with Crippen molar-refractivity contribution < 1.29 is 8.42 Å². The maximum absolute atomic E-state index is 12.1. The molecule has 3 aromatic heterocycles. The molecular weight excluding hydrogens is 488 g/mol. The molecule has 1 aliphatic heterocycles. The summed E-state index contributed by atoms with van der Waals surface area (Å²) < 4.78 is 27.4. The van der Waals surface area contributed by atoms with Gasteiger partial charge in [0.25, 0.3) is 0 Å². The van der Waals surface area contributed by atoms with Gasteiger partial charge in [-0.3, -0.25) is 4.31 Å². The SMILES string of the molecule is CN(C)C1CCN(c2ccc(Nc3ncc4ccn(Cc5cccnc5N(C)S(C)(=O)=O)c4n3)cc2)C1. The molecule has 0 saturated carbocycles. The highest BCUT2D eigenvalue weighted by Gasteiger charge is 2.24. The van der Waals surface area contributed by atoms with Crippen molar-refractivity contribution in [3.8, 4) is 0 Å². The molecule has 10 nitrogen and oxygen atoms in total. The summed E-state index contributed by atoms with van der Waals surface area (Å²) in [7, 11) is 2.35. The monoisotopic (exact) mass is 520 g/mol. The lowest BCUT2D eigenvalue weighted by atomic mass is 10.2. The number of sulfonamides is 1. The van der Waals surface area contributed by atoms with Gasteiger partial charge in [-0.2, -0.15) is 4.98 Å². The van der Waals surface area contributed by atoms with Crippen molar-refractivity contribution in [1.82, 2.24) is 24.4 Å². The van der Waals surface area contributed by atoms with Crippen molar-refractivity contribution in [2.45, 2.75) is 19.0 Å². The third kappa shape index (κ3) is 5.37. The Morgan fingerprint density at radius 1 is 1.08 bits per heavy atom. The number of pyridine rings is 1. The lowest BCUT2D eigenvalue weighted by Crippen LogP contribution is -2.31. The van der Waals surface area contributed by atoms with E-state index in [0.717, 1.165) is 35.4 Å². The van der Waals surface area contributed by atoms with E-state index in [4.69, 9.17) is 4.98 Å². The van der Waals surface area contributed by atoms with Crippen molar-refractivity contribution in [3.05, 3.63) is 66.6 Å². The van der Waals surface area contributed by atoms with Crippen LogP contribution in [0.5, 0.6) is 0 Å². The van der Waals surface area contributed by atoms with Crippen LogP contribution in [-0.2, 0) is 16.6 Å². The van der Waals surface area contributed by atoms with Crippen LogP contribution in [0, 0.1) is 0 Å².